The summed E-state index contributed by atoms with van der Waals surface area (Å²) in [6.45, 7) is 9.58. The van der Waals surface area contributed by atoms with Crippen LogP contribution in [-0.4, -0.2) is 54.1 Å². The number of hydrogen-bond donors (Lipinski definition) is 0. The highest BCUT2D eigenvalue weighted by atomic mass is 19.4. The Morgan fingerprint density at radius 3 is 2.38 bits per heavy atom. The molecule has 1 saturated heterocycles. The van der Waals surface area contributed by atoms with Crippen molar-refractivity contribution in [3.63, 3.8) is 0 Å². The van der Waals surface area contributed by atoms with Gasteiger partial charge in [0.1, 0.15) is 11.4 Å². The second-order valence-electron chi connectivity index (χ2n) is 8.96. The van der Waals surface area contributed by atoms with E-state index in [4.69, 9.17) is 14.2 Å². The van der Waals surface area contributed by atoms with Crippen molar-refractivity contribution in [2.75, 3.05) is 26.8 Å². The third-order valence-electron chi connectivity index (χ3n) is 5.47. The van der Waals surface area contributed by atoms with Crippen molar-refractivity contribution in [2.24, 2.45) is 0 Å². The van der Waals surface area contributed by atoms with Crippen LogP contribution in [0.4, 0.5) is 18.0 Å². The normalized spacial score (nSPS) is 16.5. The zero-order chi connectivity index (χ0) is 23.7. The van der Waals surface area contributed by atoms with Gasteiger partial charge in [0, 0.05) is 43.4 Å². The molecule has 0 aliphatic carbocycles. The minimum Gasteiger partial charge on any atom is -0.496 e. The van der Waals surface area contributed by atoms with E-state index in [-0.39, 0.29) is 17.4 Å². The third-order valence-corrected chi connectivity index (χ3v) is 5.47. The summed E-state index contributed by atoms with van der Waals surface area (Å²) in [7, 11) is 1.36. The maximum absolute atomic E-state index is 14.0. The van der Waals surface area contributed by atoms with Crippen LogP contribution in [0.1, 0.15) is 51.7 Å². The van der Waals surface area contributed by atoms with Gasteiger partial charge in [-0.25, -0.2) is 4.79 Å². The van der Waals surface area contributed by atoms with Gasteiger partial charge < -0.3 is 14.2 Å². The predicted molar refractivity (Wildman–Crippen MR) is 115 cm³/mol. The fourth-order valence-corrected chi connectivity index (χ4v) is 4.09. The molecule has 1 fully saturated rings. The Hall–Kier alpha value is -2.26. The van der Waals surface area contributed by atoms with Gasteiger partial charge in [-0.1, -0.05) is 0 Å². The number of methoxy groups -OCH3 is 1. The van der Waals surface area contributed by atoms with Gasteiger partial charge in [0.15, 0.2) is 0 Å². The molecule has 1 aromatic heterocycles. The van der Waals surface area contributed by atoms with Crippen molar-refractivity contribution < 1.29 is 32.2 Å². The molecule has 0 atom stereocenters. The van der Waals surface area contributed by atoms with E-state index in [9.17, 15) is 18.0 Å². The topological polar surface area (TPSA) is 52.9 Å². The first-order valence-corrected chi connectivity index (χ1v) is 10.8. The lowest BCUT2D eigenvalue weighted by molar-refractivity contribution is -0.136. The molecule has 0 bridgehead atoms. The standard InChI is InChI=1S/C23H31F3N2O4/c1-6-31-15-7-10-27(11-8-15)14-17-16-9-12-28(21(29)32-22(2,3)4)20(16)18(23(24,25)26)13-19(17)30-5/h9,12-13,15H,6-8,10-11,14H2,1-5H3. The summed E-state index contributed by atoms with van der Waals surface area (Å²) in [5, 5.41) is 0.328. The maximum Gasteiger partial charge on any atom is 0.419 e. The molecule has 1 aromatic carbocycles. The van der Waals surface area contributed by atoms with Crippen molar-refractivity contribution in [3.8, 4) is 5.75 Å². The number of hydrogen-bond acceptors (Lipinski definition) is 5. The molecule has 1 aliphatic heterocycles. The SMILES string of the molecule is CCOC1CCN(Cc2c(OC)cc(C(F)(F)F)c3c2ccn3C(=O)OC(C)(C)C)CC1. The average molecular weight is 457 g/mol. The number of aromatic nitrogens is 1. The summed E-state index contributed by atoms with van der Waals surface area (Å²) < 4.78 is 59.2. The first kappa shape index (κ1) is 24.4. The molecule has 2 aromatic rings. The van der Waals surface area contributed by atoms with E-state index in [1.165, 1.54) is 19.4 Å². The van der Waals surface area contributed by atoms with Crippen LogP contribution in [0.5, 0.6) is 5.75 Å². The molecule has 0 N–H and O–H groups in total. The van der Waals surface area contributed by atoms with E-state index in [0.717, 1.165) is 36.6 Å². The van der Waals surface area contributed by atoms with Crippen LogP contribution in [0.2, 0.25) is 0 Å². The number of benzene rings is 1. The van der Waals surface area contributed by atoms with E-state index in [2.05, 4.69) is 4.90 Å². The van der Waals surface area contributed by atoms with Gasteiger partial charge in [-0.2, -0.15) is 13.2 Å². The Morgan fingerprint density at radius 2 is 1.84 bits per heavy atom. The Balaban J connectivity index is 2.04. The predicted octanol–water partition coefficient (Wildman–Crippen LogP) is 5.45. The number of halogens is 3. The van der Waals surface area contributed by atoms with Crippen molar-refractivity contribution in [2.45, 2.75) is 65.0 Å². The third kappa shape index (κ3) is 5.38. The molecule has 9 heteroatoms. The minimum absolute atomic E-state index is 0.152. The highest BCUT2D eigenvalue weighted by molar-refractivity contribution is 5.95. The molecule has 2 heterocycles. The molecule has 0 spiro atoms. The Kier molecular flexibility index (Phi) is 7.09. The van der Waals surface area contributed by atoms with Crippen LogP contribution in [0.15, 0.2) is 18.3 Å². The second-order valence-corrected chi connectivity index (χ2v) is 8.96. The lowest BCUT2D eigenvalue weighted by atomic mass is 10.0. The number of carbonyl (C=O) groups is 1. The van der Waals surface area contributed by atoms with Crippen LogP contribution in [0.25, 0.3) is 10.9 Å². The summed E-state index contributed by atoms with van der Waals surface area (Å²) >= 11 is 0. The first-order valence-electron chi connectivity index (χ1n) is 10.8. The molecule has 0 radical (unpaired) electrons. The number of fused-ring (bicyclic) bond motifs is 1. The van der Waals surface area contributed by atoms with Crippen LogP contribution in [0.3, 0.4) is 0 Å². The molecular formula is C23H31F3N2O4. The van der Waals surface area contributed by atoms with Crippen LogP contribution in [0, 0.1) is 0 Å². The van der Waals surface area contributed by atoms with Crippen LogP contribution < -0.4 is 4.74 Å². The molecule has 1 aliphatic rings. The maximum atomic E-state index is 14.0. The Morgan fingerprint density at radius 1 is 1.19 bits per heavy atom. The van der Waals surface area contributed by atoms with Crippen molar-refractivity contribution in [1.29, 1.82) is 0 Å². The summed E-state index contributed by atoms with van der Waals surface area (Å²) in [5.41, 5.74) is -1.37. The van der Waals surface area contributed by atoms with Crippen LogP contribution in [-0.2, 0) is 22.2 Å². The van der Waals surface area contributed by atoms with E-state index >= 15 is 0 Å². The monoisotopic (exact) mass is 456 g/mol. The lowest BCUT2D eigenvalue weighted by Crippen LogP contribution is -2.36. The highest BCUT2D eigenvalue weighted by Gasteiger charge is 2.37. The summed E-state index contributed by atoms with van der Waals surface area (Å²) in [6, 6.07) is 2.50. The lowest BCUT2D eigenvalue weighted by Gasteiger charge is -2.32. The average Bonchev–Trinajstić information content (AvgIpc) is 3.13. The van der Waals surface area contributed by atoms with E-state index in [1.54, 1.807) is 20.8 Å². The van der Waals surface area contributed by atoms with E-state index < -0.39 is 23.4 Å². The van der Waals surface area contributed by atoms with Gasteiger partial charge in [0.25, 0.3) is 0 Å². The number of piperidine rings is 1. The zero-order valence-corrected chi connectivity index (χ0v) is 19.2. The fraction of sp³-hybridized carbons (Fsp3) is 0.609. The number of ether oxygens (including phenoxy) is 3. The molecule has 0 saturated carbocycles. The molecule has 178 valence electrons. The van der Waals surface area contributed by atoms with Crippen molar-refractivity contribution in [3.05, 3.63) is 29.5 Å². The van der Waals surface area contributed by atoms with Crippen LogP contribution >= 0.6 is 0 Å². The zero-order valence-electron chi connectivity index (χ0n) is 19.2. The minimum atomic E-state index is -4.67. The Labute approximate surface area is 186 Å². The number of alkyl halides is 3. The number of likely N-dealkylation sites (tertiary alicyclic amines) is 1. The summed E-state index contributed by atoms with van der Waals surface area (Å²) in [6.07, 6.45) is -2.26. The summed E-state index contributed by atoms with van der Waals surface area (Å²) in [4.78, 5) is 14.9. The number of carbonyl (C=O) groups excluding carboxylic acids is 1. The Bertz CT molecular complexity index is 955. The second kappa shape index (κ2) is 9.31. The molecule has 0 unspecified atom stereocenters. The molecule has 32 heavy (non-hydrogen) atoms. The molecule has 6 nitrogen and oxygen atoms in total. The highest BCUT2D eigenvalue weighted by Crippen LogP contribution is 2.41. The quantitative estimate of drug-likeness (QED) is 0.599. The van der Waals surface area contributed by atoms with Gasteiger partial charge in [-0.05, 0) is 52.7 Å². The fourth-order valence-electron chi connectivity index (χ4n) is 4.09. The van der Waals surface area contributed by atoms with Gasteiger partial charge in [-0.15, -0.1) is 0 Å². The molecular weight excluding hydrogens is 425 g/mol. The van der Waals surface area contributed by atoms with E-state index in [1.807, 2.05) is 6.92 Å². The van der Waals surface area contributed by atoms with Gasteiger partial charge in [0.2, 0.25) is 0 Å². The molecule has 0 amide bonds. The van der Waals surface area contributed by atoms with Crippen molar-refractivity contribution in [1.82, 2.24) is 9.47 Å². The van der Waals surface area contributed by atoms with Gasteiger partial charge in [-0.3, -0.25) is 9.47 Å². The van der Waals surface area contributed by atoms with E-state index in [0.29, 0.717) is 24.1 Å². The summed E-state index contributed by atoms with van der Waals surface area (Å²) in [5.74, 6) is 0.152. The van der Waals surface area contributed by atoms with Gasteiger partial charge >= 0.3 is 12.3 Å². The number of nitrogens with zero attached hydrogens (tertiary/aromatic N) is 2. The largest absolute Gasteiger partial charge is 0.496 e. The number of rotatable bonds is 5. The molecule has 3 rings (SSSR count). The van der Waals surface area contributed by atoms with Gasteiger partial charge in [0.05, 0.1) is 24.3 Å². The smallest absolute Gasteiger partial charge is 0.419 e. The first-order chi connectivity index (χ1) is 14.9. The van der Waals surface area contributed by atoms with Crippen molar-refractivity contribution >= 4 is 17.0 Å².